The van der Waals surface area contributed by atoms with E-state index in [-0.39, 0.29) is 11.9 Å². The molecule has 0 saturated carbocycles. The van der Waals surface area contributed by atoms with Gasteiger partial charge in [0.1, 0.15) is 10.5 Å². The Bertz CT molecular complexity index is 775. The molecular formula is C19H24N4O2S. The van der Waals surface area contributed by atoms with Crippen molar-refractivity contribution in [3.05, 3.63) is 47.0 Å². The highest BCUT2D eigenvalue weighted by Crippen LogP contribution is 2.38. The summed E-state index contributed by atoms with van der Waals surface area (Å²) in [5.41, 5.74) is 5.68. The fraction of sp³-hybridized carbons (Fsp3) is 0.474. The third-order valence-corrected chi connectivity index (χ3v) is 6.40. The van der Waals surface area contributed by atoms with Gasteiger partial charge in [0.2, 0.25) is 0 Å². The Kier molecular flexibility index (Phi) is 4.69. The van der Waals surface area contributed by atoms with Gasteiger partial charge in [-0.15, -0.1) is 0 Å². The number of aliphatic hydroxyl groups is 1. The summed E-state index contributed by atoms with van der Waals surface area (Å²) in [7, 11) is 0. The Morgan fingerprint density at radius 1 is 1.23 bits per heavy atom. The number of thiazole rings is 1. The van der Waals surface area contributed by atoms with E-state index in [1.54, 1.807) is 6.20 Å². The molecule has 2 saturated heterocycles. The minimum atomic E-state index is -0.935. The Morgan fingerprint density at radius 3 is 2.62 bits per heavy atom. The van der Waals surface area contributed by atoms with Crippen LogP contribution < -0.4 is 5.73 Å². The highest BCUT2D eigenvalue weighted by Gasteiger charge is 2.47. The number of hydrogen-bond donors (Lipinski definition) is 2. The number of carbonyl (C=O) groups is 1. The molecule has 0 bridgehead atoms. The van der Waals surface area contributed by atoms with Crippen molar-refractivity contribution in [2.24, 2.45) is 0 Å². The first-order chi connectivity index (χ1) is 12.6. The van der Waals surface area contributed by atoms with Crippen molar-refractivity contribution in [3.63, 3.8) is 0 Å². The number of piperidine rings is 1. The second kappa shape index (κ2) is 6.98. The molecule has 138 valence electrons. The lowest BCUT2D eigenvalue weighted by molar-refractivity contribution is -0.0877. The highest BCUT2D eigenvalue weighted by molar-refractivity contribution is 7.17. The number of hydrogen-bond acceptors (Lipinski definition) is 6. The van der Waals surface area contributed by atoms with Gasteiger partial charge in [-0.25, -0.2) is 4.98 Å². The molecule has 4 rings (SSSR count). The molecule has 26 heavy (non-hydrogen) atoms. The number of likely N-dealkylation sites (tertiary alicyclic amines) is 2. The standard InChI is InChI=1S/C19H24N4O2S/c20-18-21-12-15(26-18)17(24)23-11-8-19(25,14-6-2-1-3-7-14)16(13-23)22-9-4-5-10-22/h1-3,6-7,12,16,25H,4-5,8-11,13H2,(H2,20,21)/t16-,19+/m1/s1. The monoisotopic (exact) mass is 372 g/mol. The lowest BCUT2D eigenvalue weighted by Crippen LogP contribution is -2.61. The fourth-order valence-corrected chi connectivity index (χ4v) is 4.84. The number of anilines is 1. The molecule has 1 aromatic heterocycles. The largest absolute Gasteiger partial charge is 0.383 e. The lowest BCUT2D eigenvalue weighted by atomic mass is 9.79. The summed E-state index contributed by atoms with van der Waals surface area (Å²) < 4.78 is 0. The topological polar surface area (TPSA) is 82.7 Å². The van der Waals surface area contributed by atoms with Gasteiger partial charge in [-0.1, -0.05) is 41.7 Å². The fourth-order valence-electron chi connectivity index (χ4n) is 4.18. The number of aromatic nitrogens is 1. The van der Waals surface area contributed by atoms with Crippen molar-refractivity contribution in [2.45, 2.75) is 30.9 Å². The van der Waals surface area contributed by atoms with Gasteiger partial charge in [0.05, 0.1) is 12.2 Å². The molecule has 6 nitrogen and oxygen atoms in total. The quantitative estimate of drug-likeness (QED) is 0.860. The van der Waals surface area contributed by atoms with Gasteiger partial charge in [0.25, 0.3) is 5.91 Å². The van der Waals surface area contributed by atoms with Crippen molar-refractivity contribution < 1.29 is 9.90 Å². The van der Waals surface area contributed by atoms with E-state index in [9.17, 15) is 9.90 Å². The SMILES string of the molecule is Nc1ncc(C(=O)N2CC[C@](O)(c3ccccc3)[C@H](N3CCCC3)C2)s1. The Labute approximate surface area is 157 Å². The second-order valence-corrected chi connectivity index (χ2v) is 8.18. The molecule has 0 spiro atoms. The third-order valence-electron chi connectivity index (χ3n) is 5.58. The van der Waals surface area contributed by atoms with Crippen LogP contribution in [0.25, 0.3) is 0 Å². The zero-order valence-corrected chi connectivity index (χ0v) is 15.5. The maximum absolute atomic E-state index is 12.9. The Morgan fingerprint density at radius 2 is 1.96 bits per heavy atom. The van der Waals surface area contributed by atoms with Crippen LogP contribution in [0.15, 0.2) is 36.5 Å². The highest BCUT2D eigenvalue weighted by atomic mass is 32.1. The second-order valence-electron chi connectivity index (χ2n) is 7.11. The normalized spacial score (nSPS) is 27.0. The van der Waals surface area contributed by atoms with Crippen LogP contribution in [0.2, 0.25) is 0 Å². The predicted molar refractivity (Wildman–Crippen MR) is 102 cm³/mol. The zero-order chi connectivity index (χ0) is 18.1. The number of rotatable bonds is 3. The molecule has 3 N–H and O–H groups in total. The molecule has 0 unspecified atom stereocenters. The molecule has 2 aromatic rings. The van der Waals surface area contributed by atoms with Gasteiger partial charge in [0, 0.05) is 13.1 Å². The van der Waals surface area contributed by atoms with E-state index in [4.69, 9.17) is 5.73 Å². The lowest BCUT2D eigenvalue weighted by Gasteiger charge is -2.48. The van der Waals surface area contributed by atoms with Crippen molar-refractivity contribution in [1.29, 1.82) is 0 Å². The van der Waals surface area contributed by atoms with Gasteiger partial charge in [-0.2, -0.15) is 0 Å². The van der Waals surface area contributed by atoms with Crippen molar-refractivity contribution >= 4 is 22.4 Å². The van der Waals surface area contributed by atoms with Gasteiger partial charge in [0.15, 0.2) is 5.13 Å². The van der Waals surface area contributed by atoms with Crippen LogP contribution in [0.5, 0.6) is 0 Å². The van der Waals surface area contributed by atoms with Crippen LogP contribution in [0, 0.1) is 0 Å². The Hall–Kier alpha value is -1.96. The van der Waals surface area contributed by atoms with Crippen molar-refractivity contribution in [3.8, 4) is 0 Å². The van der Waals surface area contributed by atoms with E-state index in [0.29, 0.717) is 29.5 Å². The molecule has 1 amide bonds. The molecule has 0 aliphatic carbocycles. The summed E-state index contributed by atoms with van der Waals surface area (Å²) in [6.45, 7) is 2.97. The van der Waals surface area contributed by atoms with E-state index < -0.39 is 5.60 Å². The summed E-state index contributed by atoms with van der Waals surface area (Å²) in [5, 5.41) is 12.0. The molecular weight excluding hydrogens is 348 g/mol. The number of nitrogens with two attached hydrogens (primary N) is 1. The maximum atomic E-state index is 12.9. The molecule has 2 atom stereocenters. The molecule has 2 fully saturated rings. The van der Waals surface area contributed by atoms with E-state index in [2.05, 4.69) is 9.88 Å². The summed E-state index contributed by atoms with van der Waals surface area (Å²) in [6.07, 6.45) is 4.35. The number of carbonyl (C=O) groups excluding carboxylic acids is 1. The predicted octanol–water partition coefficient (Wildman–Crippen LogP) is 1.92. The number of nitrogens with zero attached hydrogens (tertiary/aromatic N) is 3. The molecule has 7 heteroatoms. The van der Waals surface area contributed by atoms with E-state index in [0.717, 1.165) is 31.5 Å². The zero-order valence-electron chi connectivity index (χ0n) is 14.7. The molecule has 0 radical (unpaired) electrons. The first-order valence-corrected chi connectivity index (χ1v) is 9.92. The van der Waals surface area contributed by atoms with Gasteiger partial charge >= 0.3 is 0 Å². The van der Waals surface area contributed by atoms with E-state index >= 15 is 0 Å². The van der Waals surface area contributed by atoms with Crippen molar-refractivity contribution in [1.82, 2.24) is 14.8 Å². The number of benzene rings is 1. The van der Waals surface area contributed by atoms with Crippen LogP contribution in [-0.4, -0.2) is 58.0 Å². The first kappa shape index (κ1) is 17.5. The van der Waals surface area contributed by atoms with Crippen LogP contribution in [-0.2, 0) is 5.60 Å². The van der Waals surface area contributed by atoms with Crippen LogP contribution in [0.4, 0.5) is 5.13 Å². The first-order valence-electron chi connectivity index (χ1n) is 9.10. The molecule has 3 heterocycles. The molecule has 2 aliphatic rings. The van der Waals surface area contributed by atoms with E-state index in [1.807, 2.05) is 35.2 Å². The smallest absolute Gasteiger partial charge is 0.265 e. The van der Waals surface area contributed by atoms with E-state index in [1.165, 1.54) is 11.3 Å². The minimum Gasteiger partial charge on any atom is -0.383 e. The third kappa shape index (κ3) is 3.11. The number of nitrogen functional groups attached to an aromatic ring is 1. The summed E-state index contributed by atoms with van der Waals surface area (Å²) in [6, 6.07) is 9.77. The summed E-state index contributed by atoms with van der Waals surface area (Å²) in [4.78, 5) is 21.6. The maximum Gasteiger partial charge on any atom is 0.265 e. The molecule has 2 aliphatic heterocycles. The van der Waals surface area contributed by atoms with Crippen LogP contribution in [0.1, 0.15) is 34.5 Å². The van der Waals surface area contributed by atoms with Gasteiger partial charge < -0.3 is 15.7 Å². The van der Waals surface area contributed by atoms with Crippen LogP contribution in [0.3, 0.4) is 0 Å². The molecule has 1 aromatic carbocycles. The van der Waals surface area contributed by atoms with Crippen LogP contribution >= 0.6 is 11.3 Å². The van der Waals surface area contributed by atoms with Crippen molar-refractivity contribution in [2.75, 3.05) is 31.9 Å². The summed E-state index contributed by atoms with van der Waals surface area (Å²) in [5.74, 6) is -0.0430. The number of amides is 1. The van der Waals surface area contributed by atoms with Gasteiger partial charge in [-0.05, 0) is 37.9 Å². The minimum absolute atomic E-state index is 0.0430. The average Bonchev–Trinajstić information content (AvgIpc) is 3.34. The Balaban J connectivity index is 1.62. The average molecular weight is 372 g/mol. The van der Waals surface area contributed by atoms with Gasteiger partial charge in [-0.3, -0.25) is 9.69 Å². The summed E-state index contributed by atoms with van der Waals surface area (Å²) >= 11 is 1.22.